The van der Waals surface area contributed by atoms with Crippen LogP contribution in [0.3, 0.4) is 0 Å². The smallest absolute Gasteiger partial charge is 0.271 e. The number of benzene rings is 3. The number of thioether (sulfide) groups is 1. The average Bonchev–Trinajstić information content (AvgIpc) is 3.53. The van der Waals surface area contributed by atoms with E-state index in [0.29, 0.717) is 32.5 Å². The van der Waals surface area contributed by atoms with Gasteiger partial charge in [0.05, 0.1) is 37.6 Å². The summed E-state index contributed by atoms with van der Waals surface area (Å²) in [6, 6.07) is 23.0. The van der Waals surface area contributed by atoms with E-state index in [9.17, 15) is 4.79 Å². The summed E-state index contributed by atoms with van der Waals surface area (Å²) < 4.78 is 16.4. The van der Waals surface area contributed by atoms with Crippen LogP contribution in [0.5, 0.6) is 17.2 Å². The van der Waals surface area contributed by atoms with Crippen molar-refractivity contribution in [3.05, 3.63) is 88.6 Å². The number of carbonyl (C=O) groups is 1. The molecule has 0 atom stereocenters. The molecule has 7 nitrogen and oxygen atoms in total. The van der Waals surface area contributed by atoms with Gasteiger partial charge in [0.2, 0.25) is 10.9 Å². The third-order valence-electron chi connectivity index (χ3n) is 5.56. The first-order valence-corrected chi connectivity index (χ1v) is 13.0. The maximum absolute atomic E-state index is 13.6. The van der Waals surface area contributed by atoms with Crippen molar-refractivity contribution in [2.75, 3.05) is 26.2 Å². The maximum atomic E-state index is 13.6. The lowest BCUT2D eigenvalue weighted by Gasteiger charge is -2.15. The van der Waals surface area contributed by atoms with Crippen molar-refractivity contribution in [1.29, 1.82) is 0 Å². The fourth-order valence-electron chi connectivity index (χ4n) is 3.83. The zero-order valence-electron chi connectivity index (χ0n) is 20.4. The quantitative estimate of drug-likeness (QED) is 0.250. The molecule has 0 bridgehead atoms. The molecule has 0 N–H and O–H groups in total. The zero-order valence-corrected chi connectivity index (χ0v) is 22.0. The largest absolute Gasteiger partial charge is 0.493 e. The number of ether oxygens (including phenoxy) is 3. The van der Waals surface area contributed by atoms with Crippen LogP contribution in [0.25, 0.3) is 17.3 Å². The van der Waals surface area contributed by atoms with E-state index in [1.807, 2.05) is 66.0 Å². The first-order chi connectivity index (χ1) is 18.1. The van der Waals surface area contributed by atoms with Crippen LogP contribution in [-0.2, 0) is 4.79 Å². The molecule has 1 fully saturated rings. The number of amides is 1. The topological polar surface area (TPSA) is 73.3 Å². The van der Waals surface area contributed by atoms with Crippen molar-refractivity contribution in [2.24, 2.45) is 4.99 Å². The normalized spacial score (nSPS) is 15.4. The number of amidine groups is 1. The Morgan fingerprint density at radius 3 is 2.16 bits per heavy atom. The molecule has 0 aliphatic carbocycles. The zero-order chi connectivity index (χ0) is 25.8. The molecular weight excluding hydrogens is 506 g/mol. The van der Waals surface area contributed by atoms with E-state index in [4.69, 9.17) is 19.2 Å². The van der Waals surface area contributed by atoms with Crippen LogP contribution in [0, 0.1) is 0 Å². The van der Waals surface area contributed by atoms with Gasteiger partial charge in [0, 0.05) is 10.9 Å². The molecule has 1 amide bonds. The first-order valence-electron chi connectivity index (χ1n) is 11.3. The lowest BCUT2D eigenvalue weighted by atomic mass is 10.1. The van der Waals surface area contributed by atoms with Crippen LogP contribution < -0.4 is 19.1 Å². The Bertz CT molecular complexity index is 1460. The van der Waals surface area contributed by atoms with E-state index in [1.165, 1.54) is 23.1 Å². The molecule has 9 heteroatoms. The molecule has 0 unspecified atom stereocenters. The van der Waals surface area contributed by atoms with Gasteiger partial charge < -0.3 is 14.2 Å². The van der Waals surface area contributed by atoms with E-state index >= 15 is 0 Å². The number of methoxy groups -OCH3 is 3. The number of hydrogen-bond acceptors (Lipinski definition) is 8. The Kier molecular flexibility index (Phi) is 7.25. The van der Waals surface area contributed by atoms with Crippen molar-refractivity contribution in [3.63, 3.8) is 0 Å². The highest BCUT2D eigenvalue weighted by molar-refractivity contribution is 8.19. The lowest BCUT2D eigenvalue weighted by molar-refractivity contribution is -0.113. The monoisotopic (exact) mass is 529 g/mol. The minimum Gasteiger partial charge on any atom is -0.493 e. The fraction of sp³-hybridized carbons (Fsp3) is 0.107. The Morgan fingerprint density at radius 1 is 0.892 bits per heavy atom. The molecule has 186 valence electrons. The summed E-state index contributed by atoms with van der Waals surface area (Å²) in [4.78, 5) is 25.2. The predicted molar refractivity (Wildman–Crippen MR) is 150 cm³/mol. The molecule has 0 saturated carbocycles. The summed E-state index contributed by atoms with van der Waals surface area (Å²) in [6.07, 6.45) is 1.80. The molecule has 0 radical (unpaired) electrons. The molecular formula is C28H23N3O4S2. The van der Waals surface area contributed by atoms with E-state index in [1.54, 1.807) is 44.4 Å². The van der Waals surface area contributed by atoms with Gasteiger partial charge in [0.15, 0.2) is 16.7 Å². The van der Waals surface area contributed by atoms with Crippen molar-refractivity contribution in [1.82, 2.24) is 4.98 Å². The van der Waals surface area contributed by atoms with Crippen molar-refractivity contribution in [3.8, 4) is 28.5 Å². The van der Waals surface area contributed by atoms with Crippen LogP contribution in [-0.4, -0.2) is 37.4 Å². The number of thiazole rings is 1. The molecule has 1 aromatic heterocycles. The van der Waals surface area contributed by atoms with Gasteiger partial charge in [0.25, 0.3) is 5.91 Å². The van der Waals surface area contributed by atoms with Crippen LogP contribution in [0.15, 0.2) is 88.1 Å². The van der Waals surface area contributed by atoms with Crippen LogP contribution in [0.1, 0.15) is 5.56 Å². The Labute approximate surface area is 223 Å². The number of aromatic nitrogens is 1. The van der Waals surface area contributed by atoms with Gasteiger partial charge in [-0.1, -0.05) is 48.5 Å². The van der Waals surface area contributed by atoms with E-state index in [2.05, 4.69) is 4.98 Å². The van der Waals surface area contributed by atoms with Gasteiger partial charge in [-0.2, -0.15) is 4.99 Å². The average molecular weight is 530 g/mol. The molecule has 3 aromatic carbocycles. The number of anilines is 1. The summed E-state index contributed by atoms with van der Waals surface area (Å²) in [6.45, 7) is 0. The van der Waals surface area contributed by atoms with Gasteiger partial charge in [-0.3, -0.25) is 9.69 Å². The van der Waals surface area contributed by atoms with Crippen molar-refractivity contribution in [2.45, 2.75) is 0 Å². The Hall–Kier alpha value is -4.08. The molecule has 0 spiro atoms. The highest BCUT2D eigenvalue weighted by Gasteiger charge is 2.35. The summed E-state index contributed by atoms with van der Waals surface area (Å²) in [5.41, 5.74) is 3.33. The highest BCUT2D eigenvalue weighted by atomic mass is 32.2. The number of nitrogens with zero attached hydrogens (tertiary/aromatic N) is 3. The number of rotatable bonds is 7. The number of hydrogen-bond donors (Lipinski definition) is 0. The van der Waals surface area contributed by atoms with Gasteiger partial charge >= 0.3 is 0 Å². The molecule has 37 heavy (non-hydrogen) atoms. The minimum absolute atomic E-state index is 0.177. The predicted octanol–water partition coefficient (Wildman–Crippen LogP) is 6.64. The Morgan fingerprint density at radius 2 is 1.54 bits per heavy atom. The van der Waals surface area contributed by atoms with Crippen molar-refractivity contribution < 1.29 is 19.0 Å². The third-order valence-corrected chi connectivity index (χ3v) is 7.26. The standard InChI is InChI=1S/C28H23N3O4S2/c1-33-22-14-18(15-23(34-2)25(22)35-3)16-24-26(32)31(20-12-8-5-9-13-20)28(37-24)30-27-29-21(17-36-27)19-10-6-4-7-11-19/h4-17H,1-3H3/b24-16-,30-28+. The molecule has 5 rings (SSSR count). The molecule has 1 aliphatic heterocycles. The Balaban J connectivity index is 1.54. The highest BCUT2D eigenvalue weighted by Crippen LogP contribution is 2.42. The van der Waals surface area contributed by atoms with Gasteiger partial charge in [-0.15, -0.1) is 11.3 Å². The molecule has 4 aromatic rings. The summed E-state index contributed by atoms with van der Waals surface area (Å²) in [5.74, 6) is 1.33. The molecule has 1 saturated heterocycles. The summed E-state index contributed by atoms with van der Waals surface area (Å²) >= 11 is 2.73. The van der Waals surface area contributed by atoms with Crippen LogP contribution in [0.2, 0.25) is 0 Å². The van der Waals surface area contributed by atoms with Gasteiger partial charge in [-0.05, 0) is 47.7 Å². The second kappa shape index (κ2) is 10.9. The molecule has 2 heterocycles. The van der Waals surface area contributed by atoms with E-state index in [0.717, 1.165) is 22.5 Å². The minimum atomic E-state index is -0.177. The van der Waals surface area contributed by atoms with Gasteiger partial charge in [0.1, 0.15) is 0 Å². The van der Waals surface area contributed by atoms with E-state index in [-0.39, 0.29) is 5.91 Å². The van der Waals surface area contributed by atoms with Crippen LogP contribution in [0.4, 0.5) is 10.8 Å². The first kappa shape index (κ1) is 24.6. The van der Waals surface area contributed by atoms with Crippen molar-refractivity contribution >= 4 is 51.1 Å². The number of carbonyl (C=O) groups excluding carboxylic acids is 1. The number of aliphatic imine (C=N–C) groups is 1. The summed E-state index contributed by atoms with van der Waals surface area (Å²) in [7, 11) is 4.67. The van der Waals surface area contributed by atoms with E-state index < -0.39 is 0 Å². The number of para-hydroxylation sites is 1. The molecule has 1 aliphatic rings. The SMILES string of the molecule is COc1cc(/C=C2\S/C(=N/c3nc(-c4ccccc4)cs3)N(c3ccccc3)C2=O)cc(OC)c1OC. The van der Waals surface area contributed by atoms with Gasteiger partial charge in [-0.25, -0.2) is 4.98 Å². The third kappa shape index (κ3) is 5.09. The maximum Gasteiger partial charge on any atom is 0.271 e. The second-order valence-corrected chi connectivity index (χ2v) is 9.67. The lowest BCUT2D eigenvalue weighted by Crippen LogP contribution is -2.28. The second-order valence-electron chi connectivity index (χ2n) is 7.82. The van der Waals surface area contributed by atoms with Crippen LogP contribution >= 0.6 is 23.1 Å². The summed E-state index contributed by atoms with van der Waals surface area (Å²) in [5, 5.41) is 3.07. The fourth-order valence-corrected chi connectivity index (χ4v) is 5.56.